The van der Waals surface area contributed by atoms with E-state index in [1.165, 1.54) is 17.2 Å². The second-order valence-electron chi connectivity index (χ2n) is 7.38. The molecule has 3 aromatic rings. The van der Waals surface area contributed by atoms with Crippen LogP contribution in [-0.4, -0.2) is 5.91 Å². The maximum atomic E-state index is 12.6. The van der Waals surface area contributed by atoms with Gasteiger partial charge in [-0.2, -0.15) is 5.26 Å². The van der Waals surface area contributed by atoms with Crippen LogP contribution in [0, 0.1) is 32.1 Å². The lowest BCUT2D eigenvalue weighted by Gasteiger charge is -2.12. The van der Waals surface area contributed by atoms with Gasteiger partial charge in [-0.15, -0.1) is 0 Å². The minimum atomic E-state index is -0.494. The summed E-state index contributed by atoms with van der Waals surface area (Å²) in [5.41, 5.74) is 5.66. The number of carbonyl (C=O) groups is 1. The third-order valence-corrected chi connectivity index (χ3v) is 5.15. The van der Waals surface area contributed by atoms with Gasteiger partial charge in [-0.3, -0.25) is 4.79 Å². The molecular weight excluding hydrogens is 408 g/mol. The van der Waals surface area contributed by atoms with Crippen LogP contribution in [0.5, 0.6) is 5.75 Å². The number of nitrogens with one attached hydrogen (secondary N) is 1. The molecule has 0 aliphatic carbocycles. The monoisotopic (exact) mass is 430 g/mol. The quantitative estimate of drug-likeness (QED) is 0.364. The molecular formula is C26H23ClN2O2. The number of nitrogens with zero attached hydrogens (tertiary/aromatic N) is 1. The van der Waals surface area contributed by atoms with Crippen molar-refractivity contribution < 1.29 is 9.53 Å². The molecule has 0 unspecified atom stereocenters. The van der Waals surface area contributed by atoms with Gasteiger partial charge in [0, 0.05) is 16.3 Å². The normalized spacial score (nSPS) is 11.0. The molecule has 0 aliphatic heterocycles. The van der Waals surface area contributed by atoms with Crippen LogP contribution in [0.2, 0.25) is 5.02 Å². The summed E-state index contributed by atoms with van der Waals surface area (Å²) in [5.74, 6) is 0.0463. The summed E-state index contributed by atoms with van der Waals surface area (Å²) in [6.45, 7) is 6.44. The van der Waals surface area contributed by atoms with Gasteiger partial charge >= 0.3 is 0 Å². The van der Waals surface area contributed by atoms with E-state index in [0.717, 1.165) is 11.1 Å². The number of hydrogen-bond donors (Lipinski definition) is 1. The van der Waals surface area contributed by atoms with Gasteiger partial charge in [0.25, 0.3) is 5.91 Å². The first-order valence-electron chi connectivity index (χ1n) is 9.84. The van der Waals surface area contributed by atoms with Crippen LogP contribution in [0.25, 0.3) is 6.08 Å². The highest BCUT2D eigenvalue weighted by molar-refractivity contribution is 6.30. The lowest BCUT2D eigenvalue weighted by atomic mass is 10.1. The predicted octanol–water partition coefficient (Wildman–Crippen LogP) is 6.39. The molecule has 0 spiro atoms. The number of aryl methyl sites for hydroxylation is 3. The first-order chi connectivity index (χ1) is 14.9. The minimum Gasteiger partial charge on any atom is -0.488 e. The van der Waals surface area contributed by atoms with Crippen molar-refractivity contribution in [1.29, 1.82) is 5.26 Å². The van der Waals surface area contributed by atoms with E-state index in [-0.39, 0.29) is 5.57 Å². The van der Waals surface area contributed by atoms with Gasteiger partial charge in [-0.05, 0) is 73.9 Å². The van der Waals surface area contributed by atoms with Crippen molar-refractivity contribution in [3.05, 3.63) is 99.1 Å². The molecule has 1 N–H and O–H groups in total. The van der Waals surface area contributed by atoms with Crippen LogP contribution < -0.4 is 10.1 Å². The first-order valence-corrected chi connectivity index (χ1v) is 10.2. The van der Waals surface area contributed by atoms with Crippen LogP contribution in [-0.2, 0) is 11.4 Å². The van der Waals surface area contributed by atoms with Crippen molar-refractivity contribution >= 4 is 29.3 Å². The number of rotatable bonds is 6. The Balaban J connectivity index is 1.82. The standard InChI is InChI=1S/C26H23ClN2O2/c1-17-4-9-24(10-5-17)29-26(30)22(15-28)13-21-14-23(27)8-11-25(21)31-16-20-7-6-18(2)19(3)12-20/h4-14H,16H2,1-3H3,(H,29,30)/b22-13+. The summed E-state index contributed by atoms with van der Waals surface area (Å²) < 4.78 is 5.99. The van der Waals surface area contributed by atoms with Gasteiger partial charge in [-0.25, -0.2) is 0 Å². The lowest BCUT2D eigenvalue weighted by molar-refractivity contribution is -0.112. The van der Waals surface area contributed by atoms with Crippen LogP contribution >= 0.6 is 11.6 Å². The highest BCUT2D eigenvalue weighted by atomic mass is 35.5. The number of nitriles is 1. The molecule has 0 atom stereocenters. The van der Waals surface area contributed by atoms with Crippen molar-refractivity contribution in [2.75, 3.05) is 5.32 Å². The maximum Gasteiger partial charge on any atom is 0.266 e. The Morgan fingerprint density at radius 3 is 2.45 bits per heavy atom. The summed E-state index contributed by atoms with van der Waals surface area (Å²) >= 11 is 6.15. The molecule has 0 bridgehead atoms. The molecule has 0 aromatic heterocycles. The summed E-state index contributed by atoms with van der Waals surface area (Å²) in [6, 6.07) is 20.6. The van der Waals surface area contributed by atoms with Gasteiger partial charge in [-0.1, -0.05) is 47.5 Å². The van der Waals surface area contributed by atoms with Gasteiger partial charge in [0.15, 0.2) is 0 Å². The molecule has 3 aromatic carbocycles. The van der Waals surface area contributed by atoms with Gasteiger partial charge in [0.2, 0.25) is 0 Å². The Bertz CT molecular complexity index is 1180. The second-order valence-corrected chi connectivity index (χ2v) is 7.82. The van der Waals surface area contributed by atoms with E-state index < -0.39 is 5.91 Å². The van der Waals surface area contributed by atoms with Crippen LogP contribution in [0.1, 0.15) is 27.8 Å². The molecule has 4 nitrogen and oxygen atoms in total. The Labute approximate surface area is 187 Å². The van der Waals surface area contributed by atoms with E-state index >= 15 is 0 Å². The number of anilines is 1. The summed E-state index contributed by atoms with van der Waals surface area (Å²) in [5, 5.41) is 12.8. The van der Waals surface area contributed by atoms with E-state index in [1.54, 1.807) is 30.3 Å². The van der Waals surface area contributed by atoms with Crippen molar-refractivity contribution in [3.8, 4) is 11.8 Å². The molecule has 156 valence electrons. The fraction of sp³-hybridized carbons (Fsp3) is 0.154. The maximum absolute atomic E-state index is 12.6. The van der Waals surface area contributed by atoms with Gasteiger partial charge < -0.3 is 10.1 Å². The zero-order valence-corrected chi connectivity index (χ0v) is 18.5. The molecule has 0 fully saturated rings. The van der Waals surface area contributed by atoms with Gasteiger partial charge in [0.1, 0.15) is 24.0 Å². The SMILES string of the molecule is Cc1ccc(NC(=O)/C(C#N)=C/c2cc(Cl)ccc2OCc2ccc(C)c(C)c2)cc1. The molecule has 5 heteroatoms. The highest BCUT2D eigenvalue weighted by Gasteiger charge is 2.12. The van der Waals surface area contributed by atoms with Crippen molar-refractivity contribution in [2.24, 2.45) is 0 Å². The minimum absolute atomic E-state index is 0.0427. The average Bonchev–Trinajstić information content (AvgIpc) is 2.75. The highest BCUT2D eigenvalue weighted by Crippen LogP contribution is 2.27. The van der Waals surface area contributed by atoms with Crippen molar-refractivity contribution in [3.63, 3.8) is 0 Å². The summed E-state index contributed by atoms with van der Waals surface area (Å²) in [7, 11) is 0. The molecule has 0 radical (unpaired) electrons. The first kappa shape index (κ1) is 22.1. The third kappa shape index (κ3) is 5.97. The molecule has 0 heterocycles. The number of halogens is 1. The third-order valence-electron chi connectivity index (χ3n) is 4.91. The Hall–Kier alpha value is -3.55. The largest absolute Gasteiger partial charge is 0.488 e. The van der Waals surface area contributed by atoms with Crippen molar-refractivity contribution in [1.82, 2.24) is 0 Å². The number of benzene rings is 3. The molecule has 0 aliphatic rings. The fourth-order valence-corrected chi connectivity index (χ4v) is 3.14. The zero-order chi connectivity index (χ0) is 22.4. The van der Waals surface area contributed by atoms with Gasteiger partial charge in [0.05, 0.1) is 0 Å². The van der Waals surface area contributed by atoms with E-state index in [0.29, 0.717) is 28.6 Å². The van der Waals surface area contributed by atoms with Crippen LogP contribution in [0.3, 0.4) is 0 Å². The van der Waals surface area contributed by atoms with E-state index in [4.69, 9.17) is 16.3 Å². The van der Waals surface area contributed by atoms with Crippen molar-refractivity contribution in [2.45, 2.75) is 27.4 Å². The molecule has 0 saturated carbocycles. The van der Waals surface area contributed by atoms with E-state index in [2.05, 4.69) is 31.3 Å². The molecule has 3 rings (SSSR count). The number of amides is 1. The van der Waals surface area contributed by atoms with Crippen LogP contribution in [0.4, 0.5) is 5.69 Å². The predicted molar refractivity (Wildman–Crippen MR) is 125 cm³/mol. The van der Waals surface area contributed by atoms with Crippen LogP contribution in [0.15, 0.2) is 66.2 Å². The topological polar surface area (TPSA) is 62.1 Å². The molecule has 0 saturated heterocycles. The zero-order valence-electron chi connectivity index (χ0n) is 17.7. The molecule has 1 amide bonds. The summed E-state index contributed by atoms with van der Waals surface area (Å²) in [4.78, 5) is 12.6. The Morgan fingerprint density at radius 1 is 1.03 bits per heavy atom. The second kappa shape index (κ2) is 9.97. The molecule has 31 heavy (non-hydrogen) atoms. The van der Waals surface area contributed by atoms with E-state index in [9.17, 15) is 10.1 Å². The number of carbonyl (C=O) groups excluding carboxylic acids is 1. The van der Waals surface area contributed by atoms with E-state index in [1.807, 2.05) is 31.2 Å². The Kier molecular flexibility index (Phi) is 7.12. The average molecular weight is 431 g/mol. The fourth-order valence-electron chi connectivity index (χ4n) is 2.96. The number of hydrogen-bond acceptors (Lipinski definition) is 3. The Morgan fingerprint density at radius 2 is 1.77 bits per heavy atom. The number of ether oxygens (including phenoxy) is 1. The summed E-state index contributed by atoms with van der Waals surface area (Å²) in [6.07, 6.45) is 1.49. The lowest BCUT2D eigenvalue weighted by Crippen LogP contribution is -2.13. The smallest absolute Gasteiger partial charge is 0.266 e.